The van der Waals surface area contributed by atoms with Gasteiger partial charge in [0.25, 0.3) is 0 Å². The highest BCUT2D eigenvalue weighted by atomic mass is 19.4. The number of imidazole rings is 1. The first-order valence-electron chi connectivity index (χ1n) is 6.02. The van der Waals surface area contributed by atoms with E-state index in [-0.39, 0.29) is 5.75 Å². The second-order valence-corrected chi connectivity index (χ2v) is 2.92. The van der Waals surface area contributed by atoms with Crippen molar-refractivity contribution in [2.75, 3.05) is 0 Å². The molecule has 0 amide bonds. The number of hydrogen-bond acceptors (Lipinski definition) is 3. The molecule has 0 saturated carbocycles. The molecule has 0 N–H and O–H groups in total. The molecule has 0 fully saturated rings. The molecule has 0 saturated heterocycles. The summed E-state index contributed by atoms with van der Waals surface area (Å²) < 4.78 is 40.7. The highest BCUT2D eigenvalue weighted by Crippen LogP contribution is 2.22. The number of halogens is 3. The fraction of sp³-hybridized carbons (Fsp3) is 0.500. The zero-order valence-corrected chi connectivity index (χ0v) is 11.6. The molecular formula is C12H18F3N3O. The first kappa shape index (κ1) is 17.2. The largest absolute Gasteiger partial charge is 0.573 e. The molecule has 2 aromatic rings. The summed E-state index contributed by atoms with van der Waals surface area (Å²) in [5.74, 6) is -0.374. The van der Waals surface area contributed by atoms with Gasteiger partial charge in [-0.1, -0.05) is 27.7 Å². The maximum atomic E-state index is 11.9. The molecule has 0 atom stereocenters. The van der Waals surface area contributed by atoms with Gasteiger partial charge >= 0.3 is 6.36 Å². The zero-order chi connectivity index (χ0) is 15.1. The maximum absolute atomic E-state index is 11.9. The van der Waals surface area contributed by atoms with Crippen molar-refractivity contribution in [3.05, 3.63) is 24.2 Å². The van der Waals surface area contributed by atoms with Crippen LogP contribution < -0.4 is 4.74 Å². The van der Waals surface area contributed by atoms with E-state index in [0.29, 0.717) is 11.3 Å². The van der Waals surface area contributed by atoms with Crippen LogP contribution in [-0.4, -0.2) is 21.0 Å². The molecule has 19 heavy (non-hydrogen) atoms. The predicted octanol–water partition coefficient (Wildman–Crippen LogP) is 3.99. The van der Waals surface area contributed by atoms with E-state index in [9.17, 15) is 13.2 Å². The molecule has 0 bridgehead atoms. The smallest absolute Gasteiger partial charge is 0.404 e. The van der Waals surface area contributed by atoms with Crippen LogP contribution in [0.2, 0.25) is 0 Å². The van der Waals surface area contributed by atoms with Crippen LogP contribution in [0.3, 0.4) is 0 Å². The van der Waals surface area contributed by atoms with Crippen molar-refractivity contribution in [1.82, 2.24) is 14.6 Å². The summed E-state index contributed by atoms with van der Waals surface area (Å²) in [7, 11) is 0. The van der Waals surface area contributed by atoms with Crippen molar-refractivity contribution in [2.45, 2.75) is 41.0 Å². The lowest BCUT2D eigenvalue weighted by Gasteiger charge is -2.07. The minimum Gasteiger partial charge on any atom is -0.404 e. The molecule has 0 radical (unpaired) electrons. The number of aryl methyl sites for hydroxylation is 1. The fourth-order valence-corrected chi connectivity index (χ4v) is 1.17. The summed E-state index contributed by atoms with van der Waals surface area (Å²) in [5.41, 5.74) is 0.987. The second-order valence-electron chi connectivity index (χ2n) is 2.92. The molecule has 0 unspecified atom stereocenters. The summed E-state index contributed by atoms with van der Waals surface area (Å²) in [5, 5.41) is 3.72. The minimum absolute atomic E-state index is 0.314. The molecule has 2 heterocycles. The van der Waals surface area contributed by atoms with Crippen molar-refractivity contribution < 1.29 is 17.9 Å². The topological polar surface area (TPSA) is 39.4 Å². The predicted molar refractivity (Wildman–Crippen MR) is 67.1 cm³/mol. The Hall–Kier alpha value is -1.79. The van der Waals surface area contributed by atoms with E-state index in [1.54, 1.807) is 13.1 Å². The molecule has 0 aromatic carbocycles. The van der Waals surface area contributed by atoms with Crippen LogP contribution in [0, 0.1) is 6.92 Å². The Labute approximate surface area is 110 Å². The van der Waals surface area contributed by atoms with Gasteiger partial charge < -0.3 is 4.74 Å². The normalized spacial score (nSPS) is 10.1. The summed E-state index contributed by atoms with van der Waals surface area (Å²) >= 11 is 0. The number of aromatic nitrogens is 3. The summed E-state index contributed by atoms with van der Waals surface area (Å²) in [6.45, 7) is 9.72. The highest BCUT2D eigenvalue weighted by molar-refractivity contribution is 5.43. The van der Waals surface area contributed by atoms with Crippen molar-refractivity contribution in [3.63, 3.8) is 0 Å². The van der Waals surface area contributed by atoms with E-state index in [1.165, 1.54) is 10.6 Å². The summed E-state index contributed by atoms with van der Waals surface area (Å²) in [6.07, 6.45) is -2.12. The van der Waals surface area contributed by atoms with Crippen molar-refractivity contribution >= 4 is 5.65 Å². The Morgan fingerprint density at radius 1 is 1.16 bits per heavy atom. The quantitative estimate of drug-likeness (QED) is 0.791. The van der Waals surface area contributed by atoms with Gasteiger partial charge in [0.2, 0.25) is 0 Å². The molecule has 0 aliphatic rings. The van der Waals surface area contributed by atoms with Crippen LogP contribution in [-0.2, 0) is 0 Å². The molecular weight excluding hydrogens is 259 g/mol. The molecule has 2 rings (SSSR count). The van der Waals surface area contributed by atoms with Crippen LogP contribution in [0.4, 0.5) is 13.2 Å². The average Bonchev–Trinajstić information content (AvgIpc) is 2.71. The minimum atomic E-state index is -4.71. The van der Waals surface area contributed by atoms with Gasteiger partial charge in [-0.3, -0.25) is 0 Å². The Kier molecular flexibility index (Phi) is 6.89. The number of ether oxygens (including phenoxy) is 1. The van der Waals surface area contributed by atoms with E-state index in [4.69, 9.17) is 0 Å². The molecule has 0 aliphatic carbocycles. The van der Waals surface area contributed by atoms with Crippen LogP contribution in [0.15, 0.2) is 18.5 Å². The van der Waals surface area contributed by atoms with Gasteiger partial charge in [-0.05, 0) is 6.92 Å². The third-order valence-corrected chi connectivity index (χ3v) is 1.65. The van der Waals surface area contributed by atoms with Gasteiger partial charge in [-0.2, -0.15) is 5.10 Å². The molecule has 0 spiro atoms. The van der Waals surface area contributed by atoms with Gasteiger partial charge in [0.1, 0.15) is 0 Å². The Morgan fingerprint density at radius 3 is 2.26 bits per heavy atom. The first-order chi connectivity index (χ1) is 8.94. The van der Waals surface area contributed by atoms with Crippen LogP contribution >= 0.6 is 0 Å². The summed E-state index contributed by atoms with van der Waals surface area (Å²) in [4.78, 5) is 3.96. The molecule has 2 aromatic heterocycles. The van der Waals surface area contributed by atoms with Crippen molar-refractivity contribution in [1.29, 1.82) is 0 Å². The summed E-state index contributed by atoms with van der Waals surface area (Å²) in [6, 6.07) is 1.17. The lowest BCUT2D eigenvalue weighted by molar-refractivity contribution is -0.274. The van der Waals surface area contributed by atoms with Crippen LogP contribution in [0.5, 0.6) is 5.75 Å². The van der Waals surface area contributed by atoms with E-state index in [0.717, 1.165) is 6.20 Å². The van der Waals surface area contributed by atoms with Crippen molar-refractivity contribution in [3.8, 4) is 5.75 Å². The van der Waals surface area contributed by atoms with E-state index in [1.807, 2.05) is 27.7 Å². The first-order valence-corrected chi connectivity index (χ1v) is 6.02. The maximum Gasteiger partial charge on any atom is 0.573 e. The fourth-order valence-electron chi connectivity index (χ4n) is 1.17. The van der Waals surface area contributed by atoms with E-state index < -0.39 is 6.36 Å². The van der Waals surface area contributed by atoms with Gasteiger partial charge in [0, 0.05) is 6.07 Å². The standard InChI is InChI=1S/C8H6F3N3O.2C2H6/c1-5-4-14-7(13-5)2-6(3-12-14)15-8(9,10)11;2*1-2/h2-4H,1H3;2*1-2H3. The van der Waals surface area contributed by atoms with E-state index in [2.05, 4.69) is 14.8 Å². The van der Waals surface area contributed by atoms with Crippen molar-refractivity contribution in [2.24, 2.45) is 0 Å². The van der Waals surface area contributed by atoms with Gasteiger partial charge in [-0.15, -0.1) is 13.2 Å². The van der Waals surface area contributed by atoms with E-state index >= 15 is 0 Å². The second kappa shape index (κ2) is 7.60. The van der Waals surface area contributed by atoms with Gasteiger partial charge in [-0.25, -0.2) is 9.50 Å². The Bertz CT molecular complexity index is 494. The molecule has 0 aliphatic heterocycles. The Balaban J connectivity index is 0.000000741. The lowest BCUT2D eigenvalue weighted by atomic mass is 10.5. The molecule has 108 valence electrons. The molecule has 7 heteroatoms. The average molecular weight is 277 g/mol. The number of rotatable bonds is 1. The number of hydrogen-bond donors (Lipinski definition) is 0. The zero-order valence-electron chi connectivity index (χ0n) is 11.6. The molecule has 4 nitrogen and oxygen atoms in total. The number of nitrogens with zero attached hydrogens (tertiary/aromatic N) is 3. The lowest BCUT2D eigenvalue weighted by Crippen LogP contribution is -2.17. The third-order valence-electron chi connectivity index (χ3n) is 1.65. The van der Waals surface area contributed by atoms with Gasteiger partial charge in [0.15, 0.2) is 11.4 Å². The monoisotopic (exact) mass is 277 g/mol. The SMILES string of the molecule is CC.CC.Cc1cn2ncc(OC(F)(F)F)cc2n1. The van der Waals surface area contributed by atoms with Gasteiger partial charge in [0.05, 0.1) is 18.1 Å². The third kappa shape index (κ3) is 5.58. The van der Waals surface area contributed by atoms with Crippen LogP contribution in [0.25, 0.3) is 5.65 Å². The Morgan fingerprint density at radius 2 is 1.74 bits per heavy atom. The number of fused-ring (bicyclic) bond motifs is 1. The van der Waals surface area contributed by atoms with Crippen LogP contribution in [0.1, 0.15) is 33.4 Å². The highest BCUT2D eigenvalue weighted by Gasteiger charge is 2.31. The number of alkyl halides is 3.